The second-order valence-electron chi connectivity index (χ2n) is 19.7. The molecule has 0 radical (unpaired) electrons. The predicted octanol–water partition coefficient (Wildman–Crippen LogP) is 4.20. The summed E-state index contributed by atoms with van der Waals surface area (Å²) in [4.78, 5) is 84.5. The van der Waals surface area contributed by atoms with Crippen molar-refractivity contribution in [1.29, 1.82) is 5.26 Å². The van der Waals surface area contributed by atoms with E-state index in [1.165, 1.54) is 15.8 Å². The van der Waals surface area contributed by atoms with E-state index in [9.17, 15) is 34.0 Å². The smallest absolute Gasteiger partial charge is 0.220 e. The number of aromatic nitrogens is 2. The summed E-state index contributed by atoms with van der Waals surface area (Å²) in [6.45, 7) is 14.5. The molecule has 1 unspecified atom stereocenters. The number of nitriles is 1. The number of H-pyrrole nitrogens is 1. The summed E-state index contributed by atoms with van der Waals surface area (Å²) < 4.78 is 1.45. The molecule has 3 aliphatic heterocycles. The van der Waals surface area contributed by atoms with Crippen LogP contribution in [0.1, 0.15) is 112 Å². The number of benzene rings is 3. The number of nitrogens with zero attached hydrogens (tertiary/aromatic N) is 5. The zero-order chi connectivity index (χ0) is 49.8. The number of amides is 1. The molecule has 4 aliphatic rings. The summed E-state index contributed by atoms with van der Waals surface area (Å²) in [6, 6.07) is 17.5. The first-order valence-corrected chi connectivity index (χ1v) is 25.0. The second kappa shape index (κ2) is 20.9. The average molecular weight is 954 g/mol. The number of anilines is 2. The molecule has 71 heavy (non-hydrogen) atoms. The van der Waals surface area contributed by atoms with Gasteiger partial charge in [-0.05, 0) is 98.5 Å². The van der Waals surface area contributed by atoms with Crippen LogP contribution in [0.3, 0.4) is 0 Å². The van der Waals surface area contributed by atoms with Crippen LogP contribution in [0.15, 0.2) is 59.9 Å². The van der Waals surface area contributed by atoms with Crippen molar-refractivity contribution in [3.63, 3.8) is 0 Å². The summed E-state index contributed by atoms with van der Waals surface area (Å²) in [6.07, 6.45) is 6.34. The Morgan fingerprint density at radius 3 is 2.31 bits per heavy atom. The summed E-state index contributed by atoms with van der Waals surface area (Å²) in [7, 11) is 0. The molecule has 2 aromatic heterocycles. The fraction of sp³-hybridized carbons (Fsp3) is 0.429. The molecular formula is C56H59N9O6. The van der Waals surface area contributed by atoms with Crippen molar-refractivity contribution in [2.45, 2.75) is 96.1 Å². The monoisotopic (exact) mass is 953 g/mol. The molecule has 0 bridgehead atoms. The number of aromatic amines is 1. The van der Waals surface area contributed by atoms with Crippen LogP contribution >= 0.6 is 0 Å². The molecule has 9 rings (SSSR count). The Labute approximate surface area is 412 Å². The van der Waals surface area contributed by atoms with Crippen LogP contribution in [0.4, 0.5) is 11.4 Å². The fourth-order valence-corrected chi connectivity index (χ4v) is 11.6. The van der Waals surface area contributed by atoms with E-state index in [1.807, 2.05) is 42.1 Å². The number of unbranched alkanes of at least 4 members (excludes halogenated alkanes) is 1. The maximum atomic E-state index is 12.8. The Kier molecular flexibility index (Phi) is 14.3. The zero-order valence-corrected chi connectivity index (χ0v) is 40.7. The normalized spacial score (nSPS) is 18.1. The molecule has 3 saturated heterocycles. The number of hydrogen-bond donors (Lipinski definition) is 4. The standard InChI is InChI=1S/C56H59N9O6/c1-4-37-28-42-43(32-67)53-40-14-12-36(30-57)27-46(40)61-55(53)56(2,3)44(42)29-49(37)64-21-16-39(17-22-64)63-25-23-62(24-26-63)20-8-11-52(71)59-19-6-5-18-58-45-10-7-9-41-50(34-69)65(51(35-70)54(41)45)48-15-13-38(31-66)60-47(48)33-68/h7,9-10,12,14,27-29,39,48,58,60-61H,4-6,8,11,13,15-26H2,1-3H3,(H,59,71). The molecule has 15 heteroatoms. The van der Waals surface area contributed by atoms with Gasteiger partial charge < -0.3 is 35.3 Å². The molecule has 4 N–H and O–H groups in total. The quantitative estimate of drug-likeness (QED) is 0.0919. The van der Waals surface area contributed by atoms with Crippen molar-refractivity contribution in [2.24, 2.45) is 0 Å². The van der Waals surface area contributed by atoms with Gasteiger partial charge in [0.2, 0.25) is 5.91 Å². The van der Waals surface area contributed by atoms with Crippen LogP contribution in [0.2, 0.25) is 0 Å². The Balaban J connectivity index is 0.709. The Hall–Kier alpha value is -7.47. The van der Waals surface area contributed by atoms with E-state index in [0.29, 0.717) is 53.1 Å². The van der Waals surface area contributed by atoms with Crippen molar-refractivity contribution in [1.82, 2.24) is 30.0 Å². The van der Waals surface area contributed by atoms with Gasteiger partial charge in [-0.25, -0.2) is 24.0 Å². The van der Waals surface area contributed by atoms with Crippen molar-refractivity contribution in [2.75, 3.05) is 69.1 Å². The van der Waals surface area contributed by atoms with Gasteiger partial charge in [-0.3, -0.25) is 9.69 Å². The van der Waals surface area contributed by atoms with E-state index in [-0.39, 0.29) is 40.8 Å². The molecular weight excluding hydrogens is 895 g/mol. The van der Waals surface area contributed by atoms with Crippen LogP contribution in [-0.2, 0) is 40.6 Å². The number of carbonyl (C=O) groups excluding carboxylic acids is 6. The summed E-state index contributed by atoms with van der Waals surface area (Å²) >= 11 is 0. The summed E-state index contributed by atoms with van der Waals surface area (Å²) in [5.74, 6) is 9.87. The van der Waals surface area contributed by atoms with E-state index in [4.69, 9.17) is 0 Å². The number of piperazine rings is 1. The van der Waals surface area contributed by atoms with Crippen LogP contribution < -0.4 is 31.5 Å². The maximum Gasteiger partial charge on any atom is 0.220 e. The van der Waals surface area contributed by atoms with E-state index < -0.39 is 11.5 Å². The van der Waals surface area contributed by atoms with Gasteiger partial charge in [-0.15, -0.1) is 0 Å². The van der Waals surface area contributed by atoms with Crippen LogP contribution in [0.5, 0.6) is 0 Å². The lowest BCUT2D eigenvalue weighted by Crippen LogP contribution is -2.53. The predicted molar refractivity (Wildman–Crippen MR) is 273 cm³/mol. The molecule has 0 saturated carbocycles. The van der Waals surface area contributed by atoms with Gasteiger partial charge in [0.1, 0.15) is 39.9 Å². The zero-order valence-electron chi connectivity index (χ0n) is 40.7. The number of carbonyl (C=O) groups is 1. The minimum atomic E-state index is -0.732. The van der Waals surface area contributed by atoms with Gasteiger partial charge in [0.05, 0.1) is 23.2 Å². The molecule has 364 valence electrons. The number of hydrogen-bond acceptors (Lipinski definition) is 12. The molecule has 5 heterocycles. The molecule has 3 aromatic carbocycles. The highest BCUT2D eigenvalue weighted by molar-refractivity contribution is 6.10. The molecule has 1 aliphatic carbocycles. The molecule has 3 fully saturated rings. The van der Waals surface area contributed by atoms with Crippen molar-refractivity contribution >= 4 is 74.2 Å². The molecule has 5 aromatic rings. The third-order valence-electron chi connectivity index (χ3n) is 15.4. The van der Waals surface area contributed by atoms with E-state index in [1.54, 1.807) is 18.1 Å². The lowest BCUT2D eigenvalue weighted by Gasteiger charge is -2.44. The fourth-order valence-electron chi connectivity index (χ4n) is 11.6. The Morgan fingerprint density at radius 2 is 1.61 bits per heavy atom. The number of allylic oxidation sites excluding steroid dienone is 2. The first kappa shape index (κ1) is 48.5. The van der Waals surface area contributed by atoms with Gasteiger partial charge in [0, 0.05) is 121 Å². The van der Waals surface area contributed by atoms with Crippen molar-refractivity contribution < 1.29 is 28.8 Å². The van der Waals surface area contributed by atoms with Crippen molar-refractivity contribution in [3.8, 4) is 6.07 Å². The minimum Gasteiger partial charge on any atom is -0.384 e. The lowest BCUT2D eigenvalue weighted by molar-refractivity contribution is -0.121. The average Bonchev–Trinajstić information content (AvgIpc) is 3.96. The van der Waals surface area contributed by atoms with Gasteiger partial charge in [0.15, 0.2) is 11.9 Å². The first-order chi connectivity index (χ1) is 34.6. The SMILES string of the molecule is CCc1cc2c(cc1N1CCC(N3CCN(CCCC(=O)NCCCCNc4cccc5c(=C=O)n(C6CCC(=C=O)NC6=C=O)c(=C=O)c45)CC3)CC1)C(C)(C)c1[nH]c3cc(C#N)ccc3c1C2=C=O. The number of fused-ring (bicyclic) bond motifs is 5. The molecule has 15 nitrogen and oxygen atoms in total. The molecule has 1 amide bonds. The Bertz CT molecular complexity index is 3300. The van der Waals surface area contributed by atoms with Crippen LogP contribution in [0.25, 0.3) is 27.2 Å². The maximum absolute atomic E-state index is 12.8. The van der Waals surface area contributed by atoms with Crippen LogP contribution in [0, 0.1) is 11.3 Å². The van der Waals surface area contributed by atoms with E-state index in [0.717, 1.165) is 118 Å². The van der Waals surface area contributed by atoms with Gasteiger partial charge in [-0.1, -0.05) is 39.0 Å². The summed E-state index contributed by atoms with van der Waals surface area (Å²) in [5.41, 5.74) is 8.90. The van der Waals surface area contributed by atoms with Gasteiger partial charge >= 0.3 is 0 Å². The highest BCUT2D eigenvalue weighted by Crippen LogP contribution is 2.50. The van der Waals surface area contributed by atoms with Crippen LogP contribution in [-0.4, -0.2) is 120 Å². The number of rotatable bonds is 14. The first-order valence-electron chi connectivity index (χ1n) is 25.0. The third kappa shape index (κ3) is 9.23. The minimum absolute atomic E-state index is 0.0288. The Morgan fingerprint density at radius 1 is 0.831 bits per heavy atom. The number of aryl methyl sites for hydroxylation is 1. The largest absolute Gasteiger partial charge is 0.384 e. The van der Waals surface area contributed by atoms with E-state index in [2.05, 4.69) is 80.5 Å². The van der Waals surface area contributed by atoms with Gasteiger partial charge in [-0.2, -0.15) is 5.26 Å². The van der Waals surface area contributed by atoms with Crippen molar-refractivity contribution in [3.05, 3.63) is 104 Å². The lowest BCUT2D eigenvalue weighted by atomic mass is 9.69. The summed E-state index contributed by atoms with van der Waals surface area (Å²) in [5, 5.41) is 20.8. The number of piperidine rings is 2. The third-order valence-corrected chi connectivity index (χ3v) is 15.4. The topological polar surface area (TPSA) is 193 Å². The molecule has 1 atom stereocenters. The second-order valence-corrected chi connectivity index (χ2v) is 19.7. The highest BCUT2D eigenvalue weighted by Gasteiger charge is 2.40. The van der Waals surface area contributed by atoms with Gasteiger partial charge in [0.25, 0.3) is 0 Å². The van der Waals surface area contributed by atoms with E-state index >= 15 is 0 Å². The molecule has 0 spiro atoms. The highest BCUT2D eigenvalue weighted by atomic mass is 16.1. The number of nitrogens with one attached hydrogen (secondary N) is 4.